The summed E-state index contributed by atoms with van der Waals surface area (Å²) in [6.45, 7) is 1.70. The summed E-state index contributed by atoms with van der Waals surface area (Å²) in [6, 6.07) is 12.1. The van der Waals surface area contributed by atoms with Gasteiger partial charge in [0.1, 0.15) is 17.4 Å². The van der Waals surface area contributed by atoms with Crippen LogP contribution < -0.4 is 21.5 Å². The summed E-state index contributed by atoms with van der Waals surface area (Å²) < 4.78 is 5.26. The van der Waals surface area contributed by atoms with Crippen LogP contribution in [-0.4, -0.2) is 69.6 Å². The van der Waals surface area contributed by atoms with Crippen molar-refractivity contribution in [1.82, 2.24) is 9.80 Å². The third-order valence-corrected chi connectivity index (χ3v) is 7.57. The number of nitrogens with zero attached hydrogens (tertiary/aromatic N) is 2. The summed E-state index contributed by atoms with van der Waals surface area (Å²) in [6.07, 6.45) is 3.42. The molecule has 4 N–H and O–H groups in total. The second-order valence-corrected chi connectivity index (χ2v) is 10.1. The van der Waals surface area contributed by atoms with E-state index in [1.165, 1.54) is 29.4 Å². The lowest BCUT2D eigenvalue weighted by atomic mass is 10.0. The number of para-hydroxylation sites is 1. The van der Waals surface area contributed by atoms with Gasteiger partial charge in [0, 0.05) is 19.5 Å². The minimum absolute atomic E-state index is 0.00432. The minimum Gasteiger partial charge on any atom is -0.505 e. The Labute approximate surface area is 240 Å². The van der Waals surface area contributed by atoms with Crippen molar-refractivity contribution in [2.45, 2.75) is 38.0 Å². The average Bonchev–Trinajstić information content (AvgIpc) is 3.56. The zero-order valence-electron chi connectivity index (χ0n) is 22.8. The number of aromatic hydroxyl groups is 1. The molecule has 12 heteroatoms. The zero-order chi connectivity index (χ0) is 30.0. The second-order valence-electron chi connectivity index (χ2n) is 10.1. The van der Waals surface area contributed by atoms with Gasteiger partial charge in [0.25, 0.3) is 22.7 Å². The highest BCUT2D eigenvalue weighted by atomic mass is 16.5. The van der Waals surface area contributed by atoms with E-state index in [2.05, 4.69) is 10.6 Å². The van der Waals surface area contributed by atoms with Gasteiger partial charge in [-0.1, -0.05) is 43.3 Å². The molecule has 2 unspecified atom stereocenters. The van der Waals surface area contributed by atoms with Crippen LogP contribution in [0.25, 0.3) is 0 Å². The van der Waals surface area contributed by atoms with Crippen molar-refractivity contribution in [2.24, 2.45) is 0 Å². The van der Waals surface area contributed by atoms with Crippen molar-refractivity contribution in [1.29, 1.82) is 0 Å². The fourth-order valence-electron chi connectivity index (χ4n) is 5.22. The molecule has 2 amide bonds. The Morgan fingerprint density at radius 2 is 1.76 bits per heavy atom. The highest BCUT2D eigenvalue weighted by Gasteiger charge is 2.40. The lowest BCUT2D eigenvalue weighted by Gasteiger charge is -2.40. The van der Waals surface area contributed by atoms with Gasteiger partial charge in [0.2, 0.25) is 0 Å². The molecule has 2 aliphatic heterocycles. The van der Waals surface area contributed by atoms with Crippen LogP contribution >= 0.6 is 0 Å². The van der Waals surface area contributed by atoms with Crippen molar-refractivity contribution in [3.63, 3.8) is 0 Å². The molecule has 1 saturated heterocycles. The number of piperazine rings is 1. The smallest absolute Gasteiger partial charge is 0.328 e. The van der Waals surface area contributed by atoms with E-state index in [1.807, 2.05) is 37.3 Å². The number of hydrogen-bond acceptors (Lipinski definition) is 9. The van der Waals surface area contributed by atoms with Crippen molar-refractivity contribution in [3.8, 4) is 5.75 Å². The van der Waals surface area contributed by atoms with Gasteiger partial charge in [-0.25, -0.2) is 4.79 Å². The summed E-state index contributed by atoms with van der Waals surface area (Å²) in [5.41, 5.74) is -0.725. The number of nitrogens with one attached hydrogen (secondary N) is 2. The number of ether oxygens (including phenoxy) is 1. The van der Waals surface area contributed by atoms with Gasteiger partial charge in [-0.2, -0.15) is 0 Å². The number of carboxylic acids is 1. The molecule has 0 spiro atoms. The Balaban J connectivity index is 1.34. The SMILES string of the molecule is CCC(Nc1c(Nc2cccc(C(=O)N3CCN(C(=O)C4CC=CO4)C[C@@H]3C(=O)O)c2O)c(=O)c1=O)c1ccccc1. The Hall–Kier alpha value is -5.13. The van der Waals surface area contributed by atoms with E-state index >= 15 is 0 Å². The molecule has 0 aromatic heterocycles. The molecular weight excluding hydrogens is 544 g/mol. The molecule has 1 fully saturated rings. The monoisotopic (exact) mass is 574 g/mol. The quantitative estimate of drug-likeness (QED) is 0.220. The third kappa shape index (κ3) is 5.30. The molecule has 0 saturated carbocycles. The third-order valence-electron chi connectivity index (χ3n) is 7.57. The first-order chi connectivity index (χ1) is 20.2. The molecule has 2 aliphatic rings. The standard InChI is InChI=1S/C30H30N4O8/c1-2-19(17-8-4-3-5-9-17)31-23-24(27(37)26(23)36)32-20-11-6-10-18(25(20)35)28(38)34-14-13-33(16-21(34)30(40)41)29(39)22-12-7-15-42-22/h3-11,15,19,21-22,31-32,35H,2,12-14,16H2,1H3,(H,40,41)/t19?,21-,22?/m1/s1. The molecule has 3 aromatic carbocycles. The molecule has 2 heterocycles. The number of aliphatic carboxylic acids is 1. The van der Waals surface area contributed by atoms with Gasteiger partial charge < -0.3 is 35.4 Å². The average molecular weight is 575 g/mol. The first kappa shape index (κ1) is 28.4. The summed E-state index contributed by atoms with van der Waals surface area (Å²) in [5.74, 6) is -2.93. The van der Waals surface area contributed by atoms with Crippen LogP contribution in [0.2, 0.25) is 0 Å². The Bertz CT molecular complexity index is 1600. The van der Waals surface area contributed by atoms with E-state index in [0.717, 1.165) is 10.5 Å². The normalized spacial score (nSPS) is 18.9. The number of amides is 2. The summed E-state index contributed by atoms with van der Waals surface area (Å²) in [4.78, 5) is 65.7. The van der Waals surface area contributed by atoms with Crippen LogP contribution in [0.4, 0.5) is 17.1 Å². The Morgan fingerprint density at radius 3 is 2.43 bits per heavy atom. The van der Waals surface area contributed by atoms with Gasteiger partial charge in [-0.3, -0.25) is 19.2 Å². The Kier molecular flexibility index (Phi) is 7.96. The first-order valence-corrected chi connectivity index (χ1v) is 13.6. The number of rotatable bonds is 9. The molecule has 0 bridgehead atoms. The predicted octanol–water partition coefficient (Wildman–Crippen LogP) is 2.34. The van der Waals surface area contributed by atoms with E-state index in [1.54, 1.807) is 6.08 Å². The van der Waals surface area contributed by atoms with Gasteiger partial charge in [0.15, 0.2) is 11.9 Å². The zero-order valence-corrected chi connectivity index (χ0v) is 22.8. The number of phenolic OH excluding ortho intramolecular Hbond substituents is 1. The minimum atomic E-state index is -1.35. The predicted molar refractivity (Wildman–Crippen MR) is 154 cm³/mol. The highest BCUT2D eigenvalue weighted by Crippen LogP contribution is 2.34. The van der Waals surface area contributed by atoms with Gasteiger partial charge >= 0.3 is 5.97 Å². The van der Waals surface area contributed by atoms with E-state index < -0.39 is 40.6 Å². The molecule has 12 nitrogen and oxygen atoms in total. The van der Waals surface area contributed by atoms with Crippen LogP contribution in [0.1, 0.15) is 41.7 Å². The molecular formula is C30H30N4O8. The molecule has 5 rings (SSSR count). The largest absolute Gasteiger partial charge is 0.505 e. The van der Waals surface area contributed by atoms with Crippen molar-refractivity contribution >= 4 is 34.8 Å². The highest BCUT2D eigenvalue weighted by molar-refractivity contribution is 6.01. The molecule has 0 radical (unpaired) electrons. The second kappa shape index (κ2) is 11.8. The number of carboxylic acid groups (broad SMARTS) is 1. The van der Waals surface area contributed by atoms with E-state index in [4.69, 9.17) is 4.74 Å². The first-order valence-electron chi connectivity index (χ1n) is 13.6. The van der Waals surface area contributed by atoms with E-state index in [0.29, 0.717) is 12.8 Å². The van der Waals surface area contributed by atoms with Crippen molar-refractivity contribution < 1.29 is 29.3 Å². The maximum atomic E-state index is 13.5. The van der Waals surface area contributed by atoms with Crippen LogP contribution in [0, 0.1) is 0 Å². The van der Waals surface area contributed by atoms with Crippen LogP contribution in [-0.2, 0) is 14.3 Å². The molecule has 3 atom stereocenters. The number of hydrogen-bond donors (Lipinski definition) is 4. The van der Waals surface area contributed by atoms with Crippen LogP contribution in [0.3, 0.4) is 0 Å². The van der Waals surface area contributed by atoms with Crippen LogP contribution in [0.15, 0.2) is 70.5 Å². The summed E-state index contributed by atoms with van der Waals surface area (Å²) in [5, 5.41) is 26.8. The van der Waals surface area contributed by atoms with Crippen LogP contribution in [0.5, 0.6) is 5.75 Å². The van der Waals surface area contributed by atoms with E-state index in [-0.39, 0.29) is 54.2 Å². The lowest BCUT2D eigenvalue weighted by molar-refractivity contribution is -0.149. The van der Waals surface area contributed by atoms with E-state index in [9.17, 15) is 34.2 Å². The number of phenols is 1. The maximum absolute atomic E-state index is 13.5. The van der Waals surface area contributed by atoms with Gasteiger partial charge in [-0.05, 0) is 30.2 Å². The molecule has 0 aliphatic carbocycles. The summed E-state index contributed by atoms with van der Waals surface area (Å²) in [7, 11) is 0. The number of carbonyl (C=O) groups excluding carboxylic acids is 2. The summed E-state index contributed by atoms with van der Waals surface area (Å²) >= 11 is 0. The fraction of sp³-hybridized carbons (Fsp3) is 0.300. The Morgan fingerprint density at radius 1 is 1.02 bits per heavy atom. The maximum Gasteiger partial charge on any atom is 0.328 e. The van der Waals surface area contributed by atoms with Crippen molar-refractivity contribution in [3.05, 3.63) is 92.4 Å². The number of anilines is 3. The number of benzene rings is 2. The van der Waals surface area contributed by atoms with Gasteiger partial charge in [0.05, 0.1) is 30.1 Å². The molecule has 42 heavy (non-hydrogen) atoms. The van der Waals surface area contributed by atoms with Crippen molar-refractivity contribution in [2.75, 3.05) is 30.3 Å². The lowest BCUT2D eigenvalue weighted by Crippen LogP contribution is -2.60. The fourth-order valence-corrected chi connectivity index (χ4v) is 5.22. The number of carbonyl (C=O) groups is 3. The van der Waals surface area contributed by atoms with Gasteiger partial charge in [-0.15, -0.1) is 0 Å². The molecule has 3 aromatic rings. The topological polar surface area (TPSA) is 166 Å². The molecule has 218 valence electrons.